The molecule has 0 bridgehead atoms. The maximum absolute atomic E-state index is 14.3. The molecule has 13 heteroatoms. The van der Waals surface area contributed by atoms with Crippen LogP contribution >= 0.6 is 0 Å². The number of rotatable bonds is 9. The van der Waals surface area contributed by atoms with Crippen molar-refractivity contribution in [3.8, 4) is 5.75 Å². The molecule has 198 valence electrons. The van der Waals surface area contributed by atoms with Crippen molar-refractivity contribution < 1.29 is 37.5 Å². The largest absolute Gasteiger partial charge is 0.454 e. The van der Waals surface area contributed by atoms with Crippen molar-refractivity contribution in [3.05, 3.63) is 92.5 Å². The van der Waals surface area contributed by atoms with Gasteiger partial charge in [0.2, 0.25) is 6.54 Å². The number of ether oxygens (including phenoxy) is 3. The second kappa shape index (κ2) is 12.5. The molecule has 0 aromatic heterocycles. The molecule has 0 spiro atoms. The van der Waals surface area contributed by atoms with Crippen LogP contribution in [0.5, 0.6) is 5.75 Å². The van der Waals surface area contributed by atoms with E-state index in [1.165, 1.54) is 25.3 Å². The van der Waals surface area contributed by atoms with Crippen molar-refractivity contribution >= 4 is 23.6 Å². The molecule has 0 N–H and O–H groups in total. The van der Waals surface area contributed by atoms with Crippen molar-refractivity contribution in [3.63, 3.8) is 0 Å². The van der Waals surface area contributed by atoms with E-state index in [1.807, 2.05) is 0 Å². The molecule has 3 rings (SSSR count). The highest BCUT2D eigenvalue weighted by Gasteiger charge is 2.42. The molecule has 0 saturated carbocycles. The van der Waals surface area contributed by atoms with Gasteiger partial charge < -0.3 is 19.1 Å². The first kappa shape index (κ1) is 27.9. The Morgan fingerprint density at radius 2 is 1.89 bits per heavy atom. The number of nitro benzene ring substituents is 1. The number of nitro groups is 1. The molecular weight excluding hydrogens is 506 g/mol. The average Bonchev–Trinajstić information content (AvgIpc) is 2.90. The fourth-order valence-electron chi connectivity index (χ4n) is 3.69. The van der Waals surface area contributed by atoms with Crippen LogP contribution in [0.4, 0.5) is 19.3 Å². The van der Waals surface area contributed by atoms with Crippen LogP contribution in [0.3, 0.4) is 0 Å². The zero-order valence-electron chi connectivity index (χ0n) is 20.3. The summed E-state index contributed by atoms with van der Waals surface area (Å²) in [5, 5.41) is 10.9. The van der Waals surface area contributed by atoms with Crippen LogP contribution in [-0.2, 0) is 14.3 Å². The van der Waals surface area contributed by atoms with Gasteiger partial charge in [0, 0.05) is 25.7 Å². The number of hydrogen-bond acceptors (Lipinski definition) is 8. The van der Waals surface area contributed by atoms with E-state index in [0.29, 0.717) is 0 Å². The van der Waals surface area contributed by atoms with Gasteiger partial charge in [-0.15, -0.1) is 0 Å². The van der Waals surface area contributed by atoms with Crippen LogP contribution in [0.2, 0.25) is 0 Å². The molecule has 1 amide bonds. The van der Waals surface area contributed by atoms with Gasteiger partial charge in [0.05, 0.1) is 22.8 Å². The molecule has 1 aliphatic heterocycles. The molecule has 0 fully saturated rings. The van der Waals surface area contributed by atoms with E-state index in [-0.39, 0.29) is 60.3 Å². The lowest BCUT2D eigenvalue weighted by molar-refractivity contribution is -0.384. The standard InChI is InChI=1S/C25H22F2N4O7/c1-4-21-29-20(14-36-3)22(24(32)37-12-11-28-2)23(15-5-10-18(26)19(27)13-15)30(21)25(33)38-17-8-6-16(7-9-17)31(34)35/h5-10,13,23H,4,11-12,14H2,1,3H3. The first-order valence-electron chi connectivity index (χ1n) is 11.2. The normalized spacial score (nSPS) is 15.0. The molecule has 1 atom stereocenters. The number of methoxy groups -OCH3 is 1. The van der Waals surface area contributed by atoms with Crippen LogP contribution in [-0.4, -0.2) is 54.6 Å². The Morgan fingerprint density at radius 1 is 1.18 bits per heavy atom. The minimum absolute atomic E-state index is 0.0103. The number of carbonyl (C=O) groups is 2. The van der Waals surface area contributed by atoms with Crippen LogP contribution < -0.4 is 4.74 Å². The molecule has 2 aromatic rings. The highest BCUT2D eigenvalue weighted by molar-refractivity contribution is 6.02. The predicted molar refractivity (Wildman–Crippen MR) is 129 cm³/mol. The van der Waals surface area contributed by atoms with Crippen LogP contribution in [0.1, 0.15) is 24.9 Å². The first-order valence-corrected chi connectivity index (χ1v) is 11.2. The third kappa shape index (κ3) is 6.16. The van der Waals surface area contributed by atoms with Crippen molar-refractivity contribution in [2.45, 2.75) is 19.4 Å². The number of carbonyl (C=O) groups excluding carboxylic acids is 2. The summed E-state index contributed by atoms with van der Waals surface area (Å²) in [6.45, 7) is 8.02. The van der Waals surface area contributed by atoms with Crippen molar-refractivity contribution in [1.82, 2.24) is 4.90 Å². The molecule has 1 unspecified atom stereocenters. The topological polar surface area (TPSA) is 125 Å². The average molecular weight is 528 g/mol. The quantitative estimate of drug-likeness (QED) is 0.153. The summed E-state index contributed by atoms with van der Waals surface area (Å²) in [6, 6.07) is 6.21. The number of amides is 1. The fourth-order valence-corrected chi connectivity index (χ4v) is 3.69. The second-order valence-electron chi connectivity index (χ2n) is 7.76. The van der Waals surface area contributed by atoms with Crippen LogP contribution in [0.25, 0.3) is 4.85 Å². The number of esters is 1. The van der Waals surface area contributed by atoms with Crippen molar-refractivity contribution in [2.75, 3.05) is 26.9 Å². The summed E-state index contributed by atoms with van der Waals surface area (Å²) in [7, 11) is 1.36. The van der Waals surface area contributed by atoms with Crippen molar-refractivity contribution in [1.29, 1.82) is 0 Å². The van der Waals surface area contributed by atoms with Gasteiger partial charge in [-0.3, -0.25) is 15.0 Å². The SMILES string of the molecule is [C-]#[N+]CCOC(=O)C1=C(COC)N=C(CC)N(C(=O)Oc2ccc([N+](=O)[O-])cc2)C1c1ccc(F)c(F)c1. The van der Waals surface area contributed by atoms with Crippen LogP contribution in [0.15, 0.2) is 58.7 Å². The summed E-state index contributed by atoms with van der Waals surface area (Å²) in [5.74, 6) is -3.23. The monoisotopic (exact) mass is 528 g/mol. The molecule has 0 radical (unpaired) electrons. The first-order chi connectivity index (χ1) is 18.2. The molecular formula is C25H22F2N4O7. The smallest absolute Gasteiger partial charge is 0.421 e. The minimum atomic E-state index is -1.37. The van der Waals surface area contributed by atoms with Gasteiger partial charge in [-0.2, -0.15) is 0 Å². The molecule has 2 aromatic carbocycles. The van der Waals surface area contributed by atoms with Gasteiger partial charge in [-0.1, -0.05) is 13.0 Å². The van der Waals surface area contributed by atoms with Gasteiger partial charge in [0.25, 0.3) is 5.69 Å². The van der Waals surface area contributed by atoms with Gasteiger partial charge >= 0.3 is 12.1 Å². The van der Waals surface area contributed by atoms with E-state index in [9.17, 15) is 28.5 Å². The molecule has 11 nitrogen and oxygen atoms in total. The zero-order chi connectivity index (χ0) is 27.8. The van der Waals surface area contributed by atoms with Gasteiger partial charge in [-0.05, 0) is 29.8 Å². The lowest BCUT2D eigenvalue weighted by atomic mass is 9.93. The van der Waals surface area contributed by atoms with E-state index in [2.05, 4.69) is 9.84 Å². The van der Waals surface area contributed by atoms with Crippen LogP contribution in [0, 0.1) is 28.3 Å². The maximum Gasteiger partial charge on any atom is 0.421 e. The van der Waals surface area contributed by atoms with Gasteiger partial charge in [0.15, 0.2) is 18.2 Å². The number of amidine groups is 1. The van der Waals surface area contributed by atoms with Crippen molar-refractivity contribution in [2.24, 2.45) is 4.99 Å². The lowest BCUT2D eigenvalue weighted by Crippen LogP contribution is -2.46. The third-order valence-electron chi connectivity index (χ3n) is 5.35. The summed E-state index contributed by atoms with van der Waals surface area (Å²) in [4.78, 5) is 45.5. The summed E-state index contributed by atoms with van der Waals surface area (Å²) >= 11 is 0. The predicted octanol–water partition coefficient (Wildman–Crippen LogP) is 4.60. The maximum atomic E-state index is 14.3. The Hall–Kier alpha value is -4.70. The summed E-state index contributed by atoms with van der Waals surface area (Å²) in [5.41, 5.74) is -0.321. The molecule has 1 aliphatic rings. The Bertz CT molecular complexity index is 1340. The number of nitrogens with zero attached hydrogens (tertiary/aromatic N) is 4. The Balaban J connectivity index is 2.14. The number of benzene rings is 2. The molecule has 0 saturated heterocycles. The summed E-state index contributed by atoms with van der Waals surface area (Å²) < 4.78 is 43.9. The third-order valence-corrected chi connectivity index (χ3v) is 5.35. The number of hydrogen-bond donors (Lipinski definition) is 0. The highest BCUT2D eigenvalue weighted by Crippen LogP contribution is 2.38. The minimum Gasteiger partial charge on any atom is -0.454 e. The van der Waals surface area contributed by atoms with Gasteiger partial charge in [-0.25, -0.2) is 29.9 Å². The number of non-ortho nitro benzene ring substituents is 1. The number of aliphatic imine (C=N–C) groups is 1. The van der Waals surface area contributed by atoms with E-state index >= 15 is 0 Å². The lowest BCUT2D eigenvalue weighted by Gasteiger charge is -2.36. The van der Waals surface area contributed by atoms with E-state index in [4.69, 9.17) is 20.8 Å². The second-order valence-corrected chi connectivity index (χ2v) is 7.76. The van der Waals surface area contributed by atoms with E-state index < -0.39 is 34.7 Å². The molecule has 38 heavy (non-hydrogen) atoms. The Labute approximate surface area is 215 Å². The highest BCUT2D eigenvalue weighted by atomic mass is 19.2. The Kier molecular flexibility index (Phi) is 9.18. The summed E-state index contributed by atoms with van der Waals surface area (Å²) in [6.07, 6.45) is -0.889. The van der Waals surface area contributed by atoms with Gasteiger partial charge in [0.1, 0.15) is 17.6 Å². The van der Waals surface area contributed by atoms with E-state index in [0.717, 1.165) is 29.2 Å². The Morgan fingerprint density at radius 3 is 2.47 bits per heavy atom. The zero-order valence-corrected chi connectivity index (χ0v) is 20.3. The van der Waals surface area contributed by atoms with E-state index in [1.54, 1.807) is 6.92 Å². The molecule has 1 heterocycles. The number of halogens is 2. The fraction of sp³-hybridized carbons (Fsp3) is 0.280. The molecule has 0 aliphatic carbocycles.